The first-order chi connectivity index (χ1) is 7.85. The summed E-state index contributed by atoms with van der Waals surface area (Å²) >= 11 is 11.6. The Morgan fingerprint density at radius 3 is 2.65 bits per heavy atom. The first-order valence-corrected chi connectivity index (χ1v) is 5.41. The van der Waals surface area contributed by atoms with Gasteiger partial charge in [0.2, 0.25) is 5.79 Å². The minimum Gasteiger partial charge on any atom is -0.361 e. The van der Waals surface area contributed by atoms with Crippen molar-refractivity contribution in [3.8, 4) is 0 Å². The maximum absolute atomic E-state index is 10.8. The smallest absolute Gasteiger partial charge is 0.278 e. The molecule has 0 aliphatic heterocycles. The van der Waals surface area contributed by atoms with Crippen molar-refractivity contribution < 1.29 is 15.1 Å². The molecule has 0 heterocycles. The number of nitro groups is 1. The van der Waals surface area contributed by atoms with Gasteiger partial charge < -0.3 is 10.2 Å². The van der Waals surface area contributed by atoms with Gasteiger partial charge in [0.25, 0.3) is 5.69 Å². The standard InChI is InChI=1S/C10H7Cl2NO4/c11-6-4-8(12)10(14,15)5-2-1-3-7(9(5)6)13(16)17/h1-4,8,14-15H. The molecule has 2 N–H and O–H groups in total. The third-order valence-electron chi connectivity index (χ3n) is 2.55. The molecule has 1 unspecified atom stereocenters. The van der Waals surface area contributed by atoms with Crippen LogP contribution in [0.1, 0.15) is 11.1 Å². The number of nitro benzene ring substituents is 1. The van der Waals surface area contributed by atoms with E-state index < -0.39 is 16.1 Å². The van der Waals surface area contributed by atoms with Gasteiger partial charge in [-0.3, -0.25) is 10.1 Å². The van der Waals surface area contributed by atoms with E-state index in [4.69, 9.17) is 23.2 Å². The van der Waals surface area contributed by atoms with Gasteiger partial charge in [0.1, 0.15) is 5.38 Å². The highest BCUT2D eigenvalue weighted by molar-refractivity contribution is 6.50. The van der Waals surface area contributed by atoms with Crippen LogP contribution in [-0.4, -0.2) is 20.5 Å². The van der Waals surface area contributed by atoms with Gasteiger partial charge in [-0.15, -0.1) is 11.6 Å². The largest absolute Gasteiger partial charge is 0.361 e. The predicted molar refractivity (Wildman–Crippen MR) is 62.7 cm³/mol. The molecular formula is C10H7Cl2NO4. The Morgan fingerprint density at radius 1 is 1.41 bits per heavy atom. The van der Waals surface area contributed by atoms with Crippen LogP contribution in [0.2, 0.25) is 0 Å². The molecule has 17 heavy (non-hydrogen) atoms. The van der Waals surface area contributed by atoms with Crippen molar-refractivity contribution in [1.29, 1.82) is 0 Å². The van der Waals surface area contributed by atoms with Crippen LogP contribution >= 0.6 is 23.2 Å². The number of fused-ring (bicyclic) bond motifs is 1. The second-order valence-corrected chi connectivity index (χ2v) is 4.48. The predicted octanol–water partition coefficient (Wildman–Crippen LogP) is 1.93. The number of benzene rings is 1. The summed E-state index contributed by atoms with van der Waals surface area (Å²) in [5.74, 6) is -2.37. The van der Waals surface area contributed by atoms with E-state index in [0.717, 1.165) is 0 Å². The molecule has 0 fully saturated rings. The number of hydrogen-bond donors (Lipinski definition) is 2. The SMILES string of the molecule is O=[N+]([O-])c1cccc2c1C(Cl)=CC(Cl)C2(O)O. The molecule has 90 valence electrons. The molecule has 0 amide bonds. The summed E-state index contributed by atoms with van der Waals surface area (Å²) in [5, 5.41) is 29.3. The van der Waals surface area contributed by atoms with E-state index in [2.05, 4.69) is 0 Å². The number of rotatable bonds is 1. The van der Waals surface area contributed by atoms with Gasteiger partial charge >= 0.3 is 0 Å². The third kappa shape index (κ3) is 1.81. The monoisotopic (exact) mass is 275 g/mol. The summed E-state index contributed by atoms with van der Waals surface area (Å²) in [4.78, 5) is 10.2. The van der Waals surface area contributed by atoms with Crippen molar-refractivity contribution in [2.75, 3.05) is 0 Å². The van der Waals surface area contributed by atoms with Crippen molar-refractivity contribution in [3.63, 3.8) is 0 Å². The van der Waals surface area contributed by atoms with Crippen LogP contribution < -0.4 is 0 Å². The molecule has 0 aromatic heterocycles. The van der Waals surface area contributed by atoms with E-state index in [1.165, 1.54) is 24.3 Å². The molecule has 0 bridgehead atoms. The van der Waals surface area contributed by atoms with Crippen LogP contribution in [0.4, 0.5) is 5.69 Å². The van der Waals surface area contributed by atoms with Crippen LogP contribution in [-0.2, 0) is 5.79 Å². The van der Waals surface area contributed by atoms with Crippen LogP contribution in [0, 0.1) is 10.1 Å². The highest BCUT2D eigenvalue weighted by atomic mass is 35.5. The first kappa shape index (κ1) is 12.3. The van der Waals surface area contributed by atoms with Gasteiger partial charge in [0, 0.05) is 11.6 Å². The normalized spacial score (nSPS) is 21.6. The zero-order chi connectivity index (χ0) is 12.8. The summed E-state index contributed by atoms with van der Waals surface area (Å²) in [5.41, 5.74) is -0.375. The minimum absolute atomic E-state index is 0.0129. The maximum atomic E-state index is 10.8. The number of halogens is 2. The third-order valence-corrected chi connectivity index (χ3v) is 3.30. The van der Waals surface area contributed by atoms with Crippen LogP contribution in [0.15, 0.2) is 24.3 Å². The second-order valence-electron chi connectivity index (χ2n) is 3.60. The highest BCUT2D eigenvalue weighted by Gasteiger charge is 2.42. The lowest BCUT2D eigenvalue weighted by molar-refractivity contribution is -0.385. The molecule has 1 aromatic carbocycles. The Bertz CT molecular complexity index is 527. The molecule has 0 radical (unpaired) electrons. The average Bonchev–Trinajstić information content (AvgIpc) is 2.26. The lowest BCUT2D eigenvalue weighted by Gasteiger charge is -2.30. The van der Waals surface area contributed by atoms with Gasteiger partial charge in [-0.05, 0) is 6.08 Å². The first-order valence-electron chi connectivity index (χ1n) is 4.60. The summed E-state index contributed by atoms with van der Waals surface area (Å²) in [6, 6.07) is 3.92. The Morgan fingerprint density at radius 2 is 2.06 bits per heavy atom. The van der Waals surface area contributed by atoms with Crippen LogP contribution in [0.3, 0.4) is 0 Å². The number of nitrogens with zero attached hydrogens (tertiary/aromatic N) is 1. The maximum Gasteiger partial charge on any atom is 0.278 e. The van der Waals surface area contributed by atoms with E-state index >= 15 is 0 Å². The molecule has 1 aromatic rings. The molecule has 2 rings (SSSR count). The molecule has 0 saturated heterocycles. The van der Waals surface area contributed by atoms with Crippen molar-refractivity contribution in [2.24, 2.45) is 0 Å². The number of hydrogen-bond acceptors (Lipinski definition) is 4. The van der Waals surface area contributed by atoms with Crippen molar-refractivity contribution in [2.45, 2.75) is 11.2 Å². The fourth-order valence-electron chi connectivity index (χ4n) is 1.73. The zero-order valence-corrected chi connectivity index (χ0v) is 9.81. The van der Waals surface area contributed by atoms with Gasteiger partial charge in [0.15, 0.2) is 0 Å². The number of aliphatic hydroxyl groups is 2. The molecule has 7 heteroatoms. The average molecular weight is 276 g/mol. The van der Waals surface area contributed by atoms with Gasteiger partial charge in [-0.1, -0.05) is 23.7 Å². The van der Waals surface area contributed by atoms with E-state index in [1.54, 1.807) is 0 Å². The molecular weight excluding hydrogens is 269 g/mol. The molecule has 0 saturated carbocycles. The van der Waals surface area contributed by atoms with Gasteiger partial charge in [-0.2, -0.15) is 0 Å². The molecule has 5 nitrogen and oxygen atoms in total. The Balaban J connectivity index is 2.77. The van der Waals surface area contributed by atoms with Crippen molar-refractivity contribution in [3.05, 3.63) is 45.5 Å². The Labute approximate surface area is 106 Å². The lowest BCUT2D eigenvalue weighted by Crippen LogP contribution is -2.38. The van der Waals surface area contributed by atoms with Crippen LogP contribution in [0.25, 0.3) is 5.03 Å². The minimum atomic E-state index is -2.37. The summed E-state index contributed by atoms with van der Waals surface area (Å²) in [6.45, 7) is 0. The molecule has 1 aliphatic rings. The topological polar surface area (TPSA) is 83.6 Å². The lowest BCUT2D eigenvalue weighted by atomic mass is 9.90. The number of alkyl halides is 1. The summed E-state index contributed by atoms with van der Waals surface area (Å²) in [7, 11) is 0. The quantitative estimate of drug-likeness (QED) is 0.355. The van der Waals surface area contributed by atoms with Gasteiger partial charge in [-0.25, -0.2) is 0 Å². The molecule has 0 spiro atoms. The summed E-state index contributed by atoms with van der Waals surface area (Å²) in [6.07, 6.45) is 1.17. The van der Waals surface area contributed by atoms with E-state index in [9.17, 15) is 20.3 Å². The van der Waals surface area contributed by atoms with Gasteiger partial charge in [0.05, 0.1) is 15.5 Å². The second kappa shape index (κ2) is 3.96. The van der Waals surface area contributed by atoms with Crippen molar-refractivity contribution in [1.82, 2.24) is 0 Å². The fraction of sp³-hybridized carbons (Fsp3) is 0.200. The van der Waals surface area contributed by atoms with Crippen LogP contribution in [0.5, 0.6) is 0 Å². The van der Waals surface area contributed by atoms with E-state index in [0.29, 0.717) is 0 Å². The highest BCUT2D eigenvalue weighted by Crippen LogP contribution is 2.43. The van der Waals surface area contributed by atoms with E-state index in [1.807, 2.05) is 0 Å². The Hall–Kier alpha value is -1.14. The van der Waals surface area contributed by atoms with Crippen molar-refractivity contribution >= 4 is 33.9 Å². The molecule has 1 atom stereocenters. The summed E-state index contributed by atoms with van der Waals surface area (Å²) < 4.78 is 0. The fourth-order valence-corrected chi connectivity index (χ4v) is 2.36. The zero-order valence-electron chi connectivity index (χ0n) is 8.30. The Kier molecular flexibility index (Phi) is 2.87. The van der Waals surface area contributed by atoms with E-state index in [-0.39, 0.29) is 21.8 Å². The molecule has 1 aliphatic carbocycles.